The highest BCUT2D eigenvalue weighted by atomic mass is 32.2. The van der Waals surface area contributed by atoms with Crippen LogP contribution in [0.2, 0.25) is 0 Å². The third kappa shape index (κ3) is 9.95. The van der Waals surface area contributed by atoms with Gasteiger partial charge in [-0.15, -0.1) is 0 Å². The van der Waals surface area contributed by atoms with Crippen LogP contribution in [-0.2, 0) is 29.8 Å². The molecule has 8 rings (SSSR count). The SMILES string of the molecule is C[C@H](CCC(=O)N(CCS(=O)(=O)O)[C@H]1CC2C[C@H](O)CC[C@]2(C)[C@H]2CC[C@@]3(C)C(CC[C@@H]3[C@H](C)CCC(=O)NCCS(=O)(=O)O)[C@H]12)[C@H]1CCC2[C@@H]3[C@@H](O)CC4C[C@H](O)CC[C@]4(C)[C@H]3CC[C@@]21C. The molecule has 0 aromatic carbocycles. The quantitative estimate of drug-likeness (QED) is 0.0882. The highest BCUT2D eigenvalue weighted by Crippen LogP contribution is 2.70. The summed E-state index contributed by atoms with van der Waals surface area (Å²) in [7, 11) is -8.55. The van der Waals surface area contributed by atoms with Crippen LogP contribution in [0.15, 0.2) is 0 Å². The molecule has 2 amide bonds. The van der Waals surface area contributed by atoms with Crippen molar-refractivity contribution in [1.29, 1.82) is 0 Å². The van der Waals surface area contributed by atoms with Crippen LogP contribution in [0.4, 0.5) is 0 Å². The van der Waals surface area contributed by atoms with Crippen molar-refractivity contribution in [3.05, 3.63) is 0 Å². The van der Waals surface area contributed by atoms with Gasteiger partial charge in [-0.2, -0.15) is 16.8 Å². The van der Waals surface area contributed by atoms with E-state index in [1.54, 1.807) is 0 Å². The van der Waals surface area contributed by atoms with Crippen molar-refractivity contribution in [2.75, 3.05) is 24.6 Å². The smallest absolute Gasteiger partial charge is 0.266 e. The van der Waals surface area contributed by atoms with Gasteiger partial charge in [0.15, 0.2) is 0 Å². The Hall–Kier alpha value is -1.36. The van der Waals surface area contributed by atoms with Gasteiger partial charge in [-0.05, 0) is 208 Å². The maximum atomic E-state index is 15.1. The zero-order valence-electron chi connectivity index (χ0n) is 41.7. The molecular formula is C52H88N2O11S2. The second-order valence-electron chi connectivity index (χ2n) is 25.4. The normalized spacial score (nSPS) is 45.8. The van der Waals surface area contributed by atoms with Crippen molar-refractivity contribution < 1.29 is 50.8 Å². The van der Waals surface area contributed by atoms with Gasteiger partial charge in [0.05, 0.1) is 29.8 Å². The number of aliphatic hydroxyl groups excluding tert-OH is 3. The van der Waals surface area contributed by atoms with Gasteiger partial charge in [-0.1, -0.05) is 41.5 Å². The van der Waals surface area contributed by atoms with Crippen LogP contribution in [0, 0.1) is 92.7 Å². The number of hydrogen-bond acceptors (Lipinski definition) is 9. The van der Waals surface area contributed by atoms with Crippen LogP contribution in [0.25, 0.3) is 0 Å². The average molecular weight is 981 g/mol. The molecule has 0 aromatic heterocycles. The first kappa shape index (κ1) is 52.0. The molecule has 13 nitrogen and oxygen atoms in total. The van der Waals surface area contributed by atoms with Crippen molar-refractivity contribution in [2.45, 2.75) is 194 Å². The van der Waals surface area contributed by atoms with Crippen LogP contribution < -0.4 is 5.32 Å². The lowest BCUT2D eigenvalue weighted by Gasteiger charge is -2.64. The number of carbonyl (C=O) groups excluding carboxylic acids is 2. The number of fused-ring (bicyclic) bond motifs is 10. The van der Waals surface area contributed by atoms with Crippen molar-refractivity contribution >= 4 is 32.1 Å². The minimum Gasteiger partial charge on any atom is -0.393 e. The van der Waals surface area contributed by atoms with E-state index >= 15 is 4.79 Å². The molecule has 8 saturated carbocycles. The van der Waals surface area contributed by atoms with Crippen LogP contribution in [0.3, 0.4) is 0 Å². The van der Waals surface area contributed by atoms with E-state index in [-0.39, 0.29) is 107 Å². The average Bonchev–Trinajstić information content (AvgIpc) is 3.79. The zero-order valence-corrected chi connectivity index (χ0v) is 43.3. The second kappa shape index (κ2) is 19.2. The number of rotatable bonds is 15. The first-order chi connectivity index (χ1) is 31.3. The molecule has 0 bridgehead atoms. The molecule has 6 N–H and O–H groups in total. The van der Waals surface area contributed by atoms with Gasteiger partial charge in [0.2, 0.25) is 11.8 Å². The Kier molecular flexibility index (Phi) is 14.9. The van der Waals surface area contributed by atoms with E-state index in [9.17, 15) is 41.5 Å². The van der Waals surface area contributed by atoms with E-state index in [1.165, 1.54) is 0 Å². The summed E-state index contributed by atoms with van der Waals surface area (Å²) < 4.78 is 66.8. The summed E-state index contributed by atoms with van der Waals surface area (Å²) in [4.78, 5) is 29.8. The Balaban J connectivity index is 1.00. The van der Waals surface area contributed by atoms with Gasteiger partial charge in [0, 0.05) is 32.0 Å². The number of carbonyl (C=O) groups is 2. The molecule has 0 aliphatic heterocycles. The topological polar surface area (TPSA) is 219 Å². The van der Waals surface area contributed by atoms with E-state index in [0.717, 1.165) is 89.9 Å². The number of amides is 2. The fraction of sp³-hybridized carbons (Fsp3) is 0.962. The Bertz CT molecular complexity index is 2040. The van der Waals surface area contributed by atoms with Crippen molar-refractivity contribution in [3.8, 4) is 0 Å². The molecule has 384 valence electrons. The van der Waals surface area contributed by atoms with E-state index in [1.807, 2.05) is 4.90 Å². The Labute approximate surface area is 403 Å². The van der Waals surface area contributed by atoms with E-state index < -0.39 is 37.8 Å². The van der Waals surface area contributed by atoms with Gasteiger partial charge in [0.1, 0.15) is 0 Å². The molecule has 0 saturated heterocycles. The van der Waals surface area contributed by atoms with E-state index in [2.05, 4.69) is 46.9 Å². The van der Waals surface area contributed by atoms with Crippen LogP contribution in [0.5, 0.6) is 0 Å². The summed E-state index contributed by atoms with van der Waals surface area (Å²) >= 11 is 0. The molecule has 0 heterocycles. The summed E-state index contributed by atoms with van der Waals surface area (Å²) in [6, 6.07) is -0.229. The van der Waals surface area contributed by atoms with Gasteiger partial charge < -0.3 is 25.5 Å². The van der Waals surface area contributed by atoms with Crippen molar-refractivity contribution in [2.24, 2.45) is 92.7 Å². The number of aliphatic hydroxyl groups is 3. The summed E-state index contributed by atoms with van der Waals surface area (Å²) in [5.41, 5.74) is 0.124. The highest BCUT2D eigenvalue weighted by molar-refractivity contribution is 7.86. The fourth-order valence-corrected chi connectivity index (χ4v) is 19.8. The minimum absolute atomic E-state index is 0.0200. The zero-order chi connectivity index (χ0) is 48.6. The molecule has 67 heavy (non-hydrogen) atoms. The standard InChI is InChI=1S/C52H88N2O11S2/c1-31(7-13-45(58)53-23-25-66(60,61)62)37-9-11-39-47-41(17-21-51(37,39)5)49(3)19-15-35(55)27-33(49)29-43(47)54(24-26-67(63,64)65)46(59)14-8-32(2)38-10-12-40-48-42(18-22-52(38,40)6)50(4)20-16-36(56)28-34(50)30-44(48)57/h31-44,47-48,55-57H,7-30H2,1-6H3,(H,53,58)(H,60,61,62)(H,63,64,65)/t31-,32-,33?,34?,35-,36-,37-,38-,39?,40?,41+,42+,43+,44+,47+,48+,49+,50+,51-,52-/m1/s1. The molecule has 15 heteroatoms. The van der Waals surface area contributed by atoms with Crippen LogP contribution >= 0.6 is 0 Å². The summed E-state index contributed by atoms with van der Waals surface area (Å²) in [6.45, 7) is 14.0. The first-order valence-corrected chi connectivity index (χ1v) is 30.0. The number of nitrogens with one attached hydrogen (secondary N) is 1. The van der Waals surface area contributed by atoms with Gasteiger partial charge in [0.25, 0.3) is 20.2 Å². The molecule has 0 spiro atoms. The molecule has 8 fully saturated rings. The first-order valence-electron chi connectivity index (χ1n) is 26.8. The van der Waals surface area contributed by atoms with Gasteiger partial charge in [-0.3, -0.25) is 18.7 Å². The largest absolute Gasteiger partial charge is 0.393 e. The maximum absolute atomic E-state index is 15.1. The molecule has 0 aromatic rings. The lowest BCUT2D eigenvalue weighted by Crippen LogP contribution is -2.63. The minimum atomic E-state index is -4.38. The molecule has 8 aliphatic carbocycles. The molecule has 0 radical (unpaired) electrons. The molecular weight excluding hydrogens is 893 g/mol. The Morgan fingerprint density at radius 3 is 1.60 bits per heavy atom. The monoisotopic (exact) mass is 981 g/mol. The predicted molar refractivity (Wildman–Crippen MR) is 257 cm³/mol. The third-order valence-corrected chi connectivity index (χ3v) is 23.9. The molecule has 20 atom stereocenters. The van der Waals surface area contributed by atoms with Crippen LogP contribution in [0.1, 0.15) is 170 Å². The van der Waals surface area contributed by atoms with Crippen molar-refractivity contribution in [3.63, 3.8) is 0 Å². The fourth-order valence-electron chi connectivity index (χ4n) is 19.0. The van der Waals surface area contributed by atoms with Crippen molar-refractivity contribution in [1.82, 2.24) is 10.2 Å². The third-order valence-electron chi connectivity index (χ3n) is 22.5. The summed E-state index contributed by atoms with van der Waals surface area (Å²) in [5.74, 6) is 2.25. The number of nitrogens with zero attached hydrogens (tertiary/aromatic N) is 1. The molecule has 8 aliphatic rings. The van der Waals surface area contributed by atoms with Gasteiger partial charge in [-0.25, -0.2) is 0 Å². The summed E-state index contributed by atoms with van der Waals surface area (Å²) in [6.07, 6.45) is 15.7. The Morgan fingerprint density at radius 1 is 0.597 bits per heavy atom. The van der Waals surface area contributed by atoms with E-state index in [0.29, 0.717) is 67.6 Å². The lowest BCUT2D eigenvalue weighted by atomic mass is 9.43. The predicted octanol–water partition coefficient (Wildman–Crippen LogP) is 7.53. The van der Waals surface area contributed by atoms with Gasteiger partial charge >= 0.3 is 0 Å². The Morgan fingerprint density at radius 2 is 1.06 bits per heavy atom. The lowest BCUT2D eigenvalue weighted by molar-refractivity contribution is -0.174. The number of hydrogen-bond donors (Lipinski definition) is 6. The highest BCUT2D eigenvalue weighted by Gasteiger charge is 2.65. The molecule has 4 unspecified atom stereocenters. The second-order valence-corrected chi connectivity index (χ2v) is 28.6. The summed E-state index contributed by atoms with van der Waals surface area (Å²) in [5, 5.41) is 36.1. The van der Waals surface area contributed by atoms with E-state index in [4.69, 9.17) is 4.55 Å². The maximum Gasteiger partial charge on any atom is 0.266 e. The van der Waals surface area contributed by atoms with Crippen LogP contribution in [-0.4, -0.2) is 107 Å².